The Labute approximate surface area is 268 Å². The Hall–Kier alpha value is -5.62. The third-order valence-electron chi connectivity index (χ3n) is 8.27. The summed E-state index contributed by atoms with van der Waals surface area (Å²) in [5.74, 6) is 0.397. The largest absolute Gasteiger partial charge is 0.490 e. The molecule has 0 aliphatic heterocycles. The molecule has 0 unspecified atom stereocenters. The van der Waals surface area contributed by atoms with Gasteiger partial charge in [0.05, 0.1) is 5.41 Å². The monoisotopic (exact) mass is 610 g/mol. The number of rotatable bonds is 12. The van der Waals surface area contributed by atoms with Crippen LogP contribution in [0.25, 0.3) is 21.9 Å². The number of benzene rings is 5. The predicted octanol–water partition coefficient (Wildman–Crippen LogP) is 7.73. The van der Waals surface area contributed by atoms with Crippen LogP contribution < -0.4 is 9.47 Å². The van der Waals surface area contributed by atoms with Gasteiger partial charge in [0, 0.05) is 12.2 Å². The molecule has 0 saturated carbocycles. The lowest BCUT2D eigenvalue weighted by molar-refractivity contribution is -0.139. The fourth-order valence-electron chi connectivity index (χ4n) is 6.33. The zero-order chi connectivity index (χ0) is 32.1. The van der Waals surface area contributed by atoms with Crippen LogP contribution in [-0.2, 0) is 24.5 Å². The van der Waals surface area contributed by atoms with E-state index in [-0.39, 0.29) is 26.4 Å². The van der Waals surface area contributed by atoms with Crippen molar-refractivity contribution in [2.24, 2.45) is 0 Å². The molecule has 5 aromatic rings. The number of esters is 2. The van der Waals surface area contributed by atoms with Gasteiger partial charge in [-0.3, -0.25) is 0 Å². The van der Waals surface area contributed by atoms with E-state index < -0.39 is 17.4 Å². The first-order valence-electron chi connectivity index (χ1n) is 15.1. The standard InChI is InChI=1S/C40H34O6/c1-4-37(41)45-24-22-43-31-16-12-29(13-17-31)40(30-14-18-32(19-15-30)44-23-25-46-38(42)5-2)36-21-10-27(3)26-35(36)34-20-11-28-8-6-7-9-33(28)39(34)40/h4-21,26H,1-2,22-25H2,3H3. The van der Waals surface area contributed by atoms with Gasteiger partial charge in [-0.2, -0.15) is 0 Å². The minimum absolute atomic E-state index is 0.133. The van der Waals surface area contributed by atoms with Gasteiger partial charge < -0.3 is 18.9 Å². The van der Waals surface area contributed by atoms with Gasteiger partial charge in [0.25, 0.3) is 0 Å². The van der Waals surface area contributed by atoms with Crippen LogP contribution in [0.3, 0.4) is 0 Å². The summed E-state index contributed by atoms with van der Waals surface area (Å²) in [6.45, 7) is 9.69. The highest BCUT2D eigenvalue weighted by Gasteiger charge is 2.47. The second kappa shape index (κ2) is 13.2. The number of carbonyl (C=O) groups excluding carboxylic acids is 2. The maximum absolute atomic E-state index is 11.4. The Bertz CT molecular complexity index is 1850. The number of hydrogen-bond acceptors (Lipinski definition) is 6. The Morgan fingerprint density at radius 2 is 1.22 bits per heavy atom. The molecule has 0 spiro atoms. The average molecular weight is 611 g/mol. The molecule has 5 aromatic carbocycles. The summed E-state index contributed by atoms with van der Waals surface area (Å²) in [6, 6.07) is 36.0. The molecule has 1 aliphatic rings. The Morgan fingerprint density at radius 1 is 0.652 bits per heavy atom. The van der Waals surface area contributed by atoms with Gasteiger partial charge in [-0.15, -0.1) is 0 Å². The van der Waals surface area contributed by atoms with Gasteiger partial charge in [-0.05, 0) is 75.3 Å². The molecule has 0 heterocycles. The maximum atomic E-state index is 11.4. The number of aryl methyl sites for hydroxylation is 1. The van der Waals surface area contributed by atoms with Gasteiger partial charge in [0.1, 0.15) is 37.9 Å². The fourth-order valence-corrected chi connectivity index (χ4v) is 6.33. The topological polar surface area (TPSA) is 71.1 Å². The first kappa shape index (κ1) is 30.4. The molecule has 0 radical (unpaired) electrons. The van der Waals surface area contributed by atoms with Crippen LogP contribution in [0, 0.1) is 6.92 Å². The third-order valence-corrected chi connectivity index (χ3v) is 8.27. The molecule has 6 heteroatoms. The van der Waals surface area contributed by atoms with Crippen LogP contribution in [0.2, 0.25) is 0 Å². The van der Waals surface area contributed by atoms with E-state index in [0.717, 1.165) is 23.3 Å². The highest BCUT2D eigenvalue weighted by Crippen LogP contribution is 2.58. The van der Waals surface area contributed by atoms with Crippen molar-refractivity contribution in [2.75, 3.05) is 26.4 Å². The number of hydrogen-bond donors (Lipinski definition) is 0. The van der Waals surface area contributed by atoms with E-state index in [0.29, 0.717) is 11.5 Å². The van der Waals surface area contributed by atoms with Crippen molar-refractivity contribution < 1.29 is 28.5 Å². The zero-order valence-corrected chi connectivity index (χ0v) is 25.7. The predicted molar refractivity (Wildman–Crippen MR) is 179 cm³/mol. The highest BCUT2D eigenvalue weighted by molar-refractivity contribution is 6.00. The van der Waals surface area contributed by atoms with Crippen LogP contribution in [-0.4, -0.2) is 38.4 Å². The van der Waals surface area contributed by atoms with Crippen LogP contribution in [0.1, 0.15) is 27.8 Å². The van der Waals surface area contributed by atoms with Gasteiger partial charge in [-0.1, -0.05) is 97.6 Å². The Morgan fingerprint density at radius 3 is 1.78 bits per heavy atom. The lowest BCUT2D eigenvalue weighted by Gasteiger charge is -2.35. The quantitative estimate of drug-likeness (QED) is 0.0803. The second-order valence-electron chi connectivity index (χ2n) is 11.0. The van der Waals surface area contributed by atoms with Gasteiger partial charge in [-0.25, -0.2) is 9.59 Å². The molecule has 0 amide bonds. The van der Waals surface area contributed by atoms with Crippen molar-refractivity contribution in [2.45, 2.75) is 12.3 Å². The summed E-state index contributed by atoms with van der Waals surface area (Å²) in [5.41, 5.74) is 7.54. The van der Waals surface area contributed by atoms with Crippen molar-refractivity contribution >= 4 is 22.7 Å². The van der Waals surface area contributed by atoms with Crippen molar-refractivity contribution in [3.63, 3.8) is 0 Å². The summed E-state index contributed by atoms with van der Waals surface area (Å²) in [5, 5.41) is 2.35. The first-order chi connectivity index (χ1) is 22.4. The molecule has 230 valence electrons. The summed E-state index contributed by atoms with van der Waals surface area (Å²) in [4.78, 5) is 22.8. The molecular formula is C40H34O6. The zero-order valence-electron chi connectivity index (χ0n) is 25.7. The van der Waals surface area contributed by atoms with E-state index in [1.165, 1.54) is 38.6 Å². The minimum Gasteiger partial charge on any atom is -0.490 e. The van der Waals surface area contributed by atoms with E-state index >= 15 is 0 Å². The van der Waals surface area contributed by atoms with Crippen LogP contribution in [0.15, 0.2) is 128 Å². The summed E-state index contributed by atoms with van der Waals surface area (Å²) < 4.78 is 21.9. The highest BCUT2D eigenvalue weighted by atomic mass is 16.6. The molecule has 1 aliphatic carbocycles. The van der Waals surface area contributed by atoms with Crippen molar-refractivity contribution in [1.82, 2.24) is 0 Å². The number of ether oxygens (including phenoxy) is 4. The van der Waals surface area contributed by atoms with E-state index in [4.69, 9.17) is 18.9 Å². The SMILES string of the molecule is C=CC(=O)OCCOc1ccc(C2(c3ccc(OCCOC(=O)C=C)cc3)c3ccc(C)cc3-c3ccc4ccccc4c32)cc1. The fraction of sp³-hybridized carbons (Fsp3) is 0.150. The summed E-state index contributed by atoms with van der Waals surface area (Å²) in [7, 11) is 0. The maximum Gasteiger partial charge on any atom is 0.330 e. The van der Waals surface area contributed by atoms with E-state index in [1.807, 2.05) is 24.3 Å². The lowest BCUT2D eigenvalue weighted by Crippen LogP contribution is -2.29. The third kappa shape index (κ3) is 5.66. The van der Waals surface area contributed by atoms with Crippen molar-refractivity contribution in [1.29, 1.82) is 0 Å². The van der Waals surface area contributed by atoms with Gasteiger partial charge >= 0.3 is 11.9 Å². The molecule has 6 rings (SSSR count). The van der Waals surface area contributed by atoms with Gasteiger partial charge in [0.2, 0.25) is 0 Å². The molecule has 6 nitrogen and oxygen atoms in total. The molecular weight excluding hydrogens is 576 g/mol. The van der Waals surface area contributed by atoms with E-state index in [1.54, 1.807) is 0 Å². The average Bonchev–Trinajstić information content (AvgIpc) is 3.39. The smallest absolute Gasteiger partial charge is 0.330 e. The Balaban J connectivity index is 1.45. The molecule has 0 N–H and O–H groups in total. The molecule has 0 saturated heterocycles. The minimum atomic E-state index is -0.644. The van der Waals surface area contributed by atoms with Crippen molar-refractivity contribution in [3.8, 4) is 22.6 Å². The molecule has 0 aromatic heterocycles. The van der Waals surface area contributed by atoms with Gasteiger partial charge in [0.15, 0.2) is 0 Å². The number of fused-ring (bicyclic) bond motifs is 5. The number of carbonyl (C=O) groups is 2. The van der Waals surface area contributed by atoms with Crippen molar-refractivity contribution in [3.05, 3.63) is 156 Å². The molecule has 0 atom stereocenters. The van der Waals surface area contributed by atoms with Crippen LogP contribution >= 0.6 is 0 Å². The summed E-state index contributed by atoms with van der Waals surface area (Å²) in [6.07, 6.45) is 2.27. The normalized spacial score (nSPS) is 12.5. The Kier molecular flexibility index (Phi) is 8.70. The molecule has 46 heavy (non-hydrogen) atoms. The second-order valence-corrected chi connectivity index (χ2v) is 11.0. The summed E-state index contributed by atoms with van der Waals surface area (Å²) >= 11 is 0. The van der Waals surface area contributed by atoms with Crippen LogP contribution in [0.4, 0.5) is 0 Å². The first-order valence-corrected chi connectivity index (χ1v) is 15.1. The van der Waals surface area contributed by atoms with E-state index in [9.17, 15) is 9.59 Å². The van der Waals surface area contributed by atoms with Crippen LogP contribution in [0.5, 0.6) is 11.5 Å². The van der Waals surface area contributed by atoms with E-state index in [2.05, 4.69) is 98.9 Å². The molecule has 0 bridgehead atoms. The molecule has 0 fully saturated rings. The lowest BCUT2D eigenvalue weighted by atomic mass is 9.66.